The van der Waals surface area contributed by atoms with E-state index in [1.165, 1.54) is 99.3 Å². The molecule has 65 heavy (non-hydrogen) atoms. The van der Waals surface area contributed by atoms with E-state index in [9.17, 15) is 0 Å². The molecule has 0 spiro atoms. The minimum atomic E-state index is -0.290. The maximum absolute atomic E-state index is 7.25. The second-order valence-electron chi connectivity index (χ2n) is 19.0. The Morgan fingerprint density at radius 2 is 1.49 bits per heavy atom. The molecule has 2 unspecified atom stereocenters. The Morgan fingerprint density at radius 1 is 0.677 bits per heavy atom. The van der Waals surface area contributed by atoms with Crippen LogP contribution in [0.3, 0.4) is 0 Å². The van der Waals surface area contributed by atoms with Gasteiger partial charge in [0, 0.05) is 54.9 Å². The number of hydrogen-bond acceptors (Lipinski definition) is 3. The van der Waals surface area contributed by atoms with Crippen molar-refractivity contribution in [3.8, 4) is 22.3 Å². The molecule has 3 atom stereocenters. The molecule has 7 aromatic carbocycles. The Labute approximate surface area is 385 Å². The lowest BCUT2D eigenvalue weighted by Gasteiger charge is -2.35. The van der Waals surface area contributed by atoms with E-state index in [1.54, 1.807) is 0 Å². The molecular weight excluding hydrogens is 807 g/mol. The third kappa shape index (κ3) is 5.94. The maximum Gasteiger partial charge on any atom is 0.144 e. The highest BCUT2D eigenvalue weighted by atomic mass is 32.2. The first-order valence-electron chi connectivity index (χ1n) is 23.3. The SMILES string of the molecule is C[C@H]1/C=C\C=C/CC2=C(C=CCC2)c2cc(-c3ccc4c(c3)oc3c5c(c6ccccc6c34)C(C)(C)c3cc(N(C4=CC=CC6Sc7ccccc7C46)c4ccccc4)ccc3-5)ccc21. The lowest BCUT2D eigenvalue weighted by Crippen LogP contribution is -2.27. The predicted molar refractivity (Wildman–Crippen MR) is 275 cm³/mol. The van der Waals surface area contributed by atoms with E-state index in [2.05, 4.69) is 214 Å². The molecule has 0 saturated carbocycles. The standard InChI is InChI=1S/C62H49NOS/c1-38-17-6-4-7-18-39-19-10-11-22-45(39)51-35-40(29-32-44(38)51)41-30-33-49-54(36-41)64-61-57(49)46-23-12-13-24-47(46)60-59(61)48-34-31-43(37-52(48)62(60,2)3)63(42-20-8-5-9-21-42)53-26-16-28-56-58(53)50-25-14-15-27-55(50)65-56/h4-9,11-17,20-38,56,58H,10,18-19H2,1-3H3/b7-4-,17-6-/t38-,56?,58?/m0/s1. The van der Waals surface area contributed by atoms with Crippen LogP contribution in [-0.2, 0) is 5.41 Å². The second kappa shape index (κ2) is 14.9. The summed E-state index contributed by atoms with van der Waals surface area (Å²) in [6.45, 7) is 7.14. The highest BCUT2D eigenvalue weighted by molar-refractivity contribution is 8.00. The summed E-state index contributed by atoms with van der Waals surface area (Å²) in [5.41, 5.74) is 19.9. The molecule has 0 fully saturated rings. The number of para-hydroxylation sites is 1. The molecule has 0 radical (unpaired) electrons. The number of furan rings is 1. The summed E-state index contributed by atoms with van der Waals surface area (Å²) in [6.07, 6.45) is 24.0. The topological polar surface area (TPSA) is 16.4 Å². The summed E-state index contributed by atoms with van der Waals surface area (Å²) in [6, 6.07) is 50.1. The van der Waals surface area contributed by atoms with Crippen LogP contribution in [0.5, 0.6) is 0 Å². The minimum absolute atomic E-state index is 0.255. The number of allylic oxidation sites excluding steroid dienone is 11. The van der Waals surface area contributed by atoms with Gasteiger partial charge in [0.15, 0.2) is 0 Å². The van der Waals surface area contributed by atoms with Crippen molar-refractivity contribution in [3.05, 3.63) is 227 Å². The monoisotopic (exact) mass is 855 g/mol. The zero-order chi connectivity index (χ0) is 43.4. The molecule has 4 aliphatic carbocycles. The van der Waals surface area contributed by atoms with Crippen molar-refractivity contribution in [1.29, 1.82) is 0 Å². The molecule has 0 amide bonds. The maximum atomic E-state index is 7.25. The molecule has 8 aromatic rings. The van der Waals surface area contributed by atoms with E-state index in [-0.39, 0.29) is 11.3 Å². The molecule has 0 N–H and O–H groups in total. The van der Waals surface area contributed by atoms with Gasteiger partial charge in [-0.3, -0.25) is 0 Å². The van der Waals surface area contributed by atoms with Gasteiger partial charge in [-0.1, -0.05) is 160 Å². The van der Waals surface area contributed by atoms with Gasteiger partial charge in [-0.2, -0.15) is 0 Å². The Kier molecular flexibility index (Phi) is 8.84. The van der Waals surface area contributed by atoms with Crippen LogP contribution >= 0.6 is 11.8 Å². The van der Waals surface area contributed by atoms with Crippen molar-refractivity contribution in [3.63, 3.8) is 0 Å². The summed E-state index contributed by atoms with van der Waals surface area (Å²) in [7, 11) is 0. The minimum Gasteiger partial charge on any atom is -0.455 e. The van der Waals surface area contributed by atoms with Gasteiger partial charge < -0.3 is 9.32 Å². The number of nitrogens with zero attached hydrogens (tertiary/aromatic N) is 1. The van der Waals surface area contributed by atoms with Crippen LogP contribution < -0.4 is 4.90 Å². The smallest absolute Gasteiger partial charge is 0.144 e. The van der Waals surface area contributed by atoms with Gasteiger partial charge in [0.1, 0.15) is 11.2 Å². The molecule has 0 bridgehead atoms. The molecular formula is C62H49NOS. The number of benzene rings is 7. The Balaban J connectivity index is 0.974. The molecule has 13 rings (SSSR count). The van der Waals surface area contributed by atoms with Crippen LogP contribution in [0.1, 0.15) is 79.7 Å². The third-order valence-electron chi connectivity index (χ3n) is 14.9. The molecule has 5 aliphatic rings. The van der Waals surface area contributed by atoms with Crippen LogP contribution in [-0.4, -0.2) is 5.25 Å². The average molecular weight is 856 g/mol. The lowest BCUT2D eigenvalue weighted by atomic mass is 9.79. The molecule has 2 heterocycles. The van der Waals surface area contributed by atoms with E-state index in [4.69, 9.17) is 4.42 Å². The fourth-order valence-corrected chi connectivity index (χ4v) is 13.2. The molecule has 1 aromatic heterocycles. The van der Waals surface area contributed by atoms with Crippen molar-refractivity contribution in [2.45, 2.75) is 67.4 Å². The number of fused-ring (bicyclic) bond motifs is 15. The Bertz CT molecular complexity index is 3500. The second-order valence-corrected chi connectivity index (χ2v) is 20.2. The van der Waals surface area contributed by atoms with Crippen LogP contribution in [0.25, 0.3) is 60.5 Å². The Hall–Kier alpha value is -6.81. The van der Waals surface area contributed by atoms with Crippen LogP contribution in [0.4, 0.5) is 11.4 Å². The summed E-state index contributed by atoms with van der Waals surface area (Å²) in [5.74, 6) is 0.562. The van der Waals surface area contributed by atoms with Crippen molar-refractivity contribution in [1.82, 2.24) is 0 Å². The zero-order valence-electron chi connectivity index (χ0n) is 37.0. The van der Waals surface area contributed by atoms with E-state index >= 15 is 0 Å². The molecule has 2 nitrogen and oxygen atoms in total. The van der Waals surface area contributed by atoms with Gasteiger partial charge in [-0.05, 0) is 141 Å². The van der Waals surface area contributed by atoms with E-state index in [0.29, 0.717) is 11.2 Å². The van der Waals surface area contributed by atoms with Gasteiger partial charge in [-0.25, -0.2) is 0 Å². The van der Waals surface area contributed by atoms with E-state index < -0.39 is 0 Å². The molecule has 0 saturated heterocycles. The van der Waals surface area contributed by atoms with Gasteiger partial charge in [0.25, 0.3) is 0 Å². The fraction of sp³-hybridized carbons (Fsp3) is 0.161. The van der Waals surface area contributed by atoms with Crippen LogP contribution in [0, 0.1) is 0 Å². The third-order valence-corrected chi connectivity index (χ3v) is 16.3. The summed E-state index contributed by atoms with van der Waals surface area (Å²) >= 11 is 1.99. The normalized spacial score (nSPS) is 21.0. The van der Waals surface area contributed by atoms with Crippen LogP contribution in [0.2, 0.25) is 0 Å². The van der Waals surface area contributed by atoms with Crippen molar-refractivity contribution < 1.29 is 4.42 Å². The van der Waals surface area contributed by atoms with Crippen molar-refractivity contribution in [2.75, 3.05) is 4.90 Å². The number of rotatable bonds is 4. The van der Waals surface area contributed by atoms with Crippen LogP contribution in [0.15, 0.2) is 209 Å². The number of thioether (sulfide) groups is 1. The fourth-order valence-electron chi connectivity index (χ4n) is 11.8. The number of anilines is 2. The van der Waals surface area contributed by atoms with Gasteiger partial charge in [-0.15, -0.1) is 11.8 Å². The molecule has 314 valence electrons. The first kappa shape index (κ1) is 38.6. The lowest BCUT2D eigenvalue weighted by molar-refractivity contribution is 0.657. The first-order chi connectivity index (χ1) is 31.9. The zero-order valence-corrected chi connectivity index (χ0v) is 37.8. The van der Waals surface area contributed by atoms with E-state index in [0.717, 1.165) is 35.8 Å². The van der Waals surface area contributed by atoms with Gasteiger partial charge in [0.2, 0.25) is 0 Å². The highest BCUT2D eigenvalue weighted by Crippen LogP contribution is 2.58. The first-order valence-corrected chi connectivity index (χ1v) is 24.2. The summed E-state index contributed by atoms with van der Waals surface area (Å²) in [5, 5.41) is 5.25. The summed E-state index contributed by atoms with van der Waals surface area (Å²) < 4.78 is 7.25. The highest BCUT2D eigenvalue weighted by Gasteiger charge is 2.42. The van der Waals surface area contributed by atoms with E-state index in [1.807, 2.05) is 11.8 Å². The quantitative estimate of drug-likeness (QED) is 0.175. The number of hydrogen-bond donors (Lipinski definition) is 0. The molecule has 3 heteroatoms. The largest absolute Gasteiger partial charge is 0.455 e. The predicted octanol–water partition coefficient (Wildman–Crippen LogP) is 17.3. The van der Waals surface area contributed by atoms with Gasteiger partial charge in [0.05, 0.1) is 0 Å². The Morgan fingerprint density at radius 3 is 2.40 bits per heavy atom. The van der Waals surface area contributed by atoms with Gasteiger partial charge >= 0.3 is 0 Å². The summed E-state index contributed by atoms with van der Waals surface area (Å²) in [4.78, 5) is 3.90. The van der Waals surface area contributed by atoms with Crippen molar-refractivity contribution in [2.24, 2.45) is 0 Å². The molecule has 1 aliphatic heterocycles. The average Bonchev–Trinajstić information content (AvgIpc) is 3.99. The van der Waals surface area contributed by atoms with Crippen molar-refractivity contribution >= 4 is 61.4 Å².